The van der Waals surface area contributed by atoms with Gasteiger partial charge in [-0.3, -0.25) is 9.89 Å². The van der Waals surface area contributed by atoms with E-state index in [4.69, 9.17) is 4.74 Å². The fourth-order valence-electron chi connectivity index (χ4n) is 2.28. The summed E-state index contributed by atoms with van der Waals surface area (Å²) in [6.45, 7) is 2.07. The van der Waals surface area contributed by atoms with Crippen LogP contribution in [0.4, 0.5) is 5.69 Å². The molecule has 1 aliphatic heterocycles. The Bertz CT molecular complexity index is 599. The van der Waals surface area contributed by atoms with E-state index in [0.29, 0.717) is 25.5 Å². The number of anilines is 1. The number of carbonyl (C=O) groups excluding carboxylic acids is 1. The topological polar surface area (TPSA) is 91.9 Å². The first-order chi connectivity index (χ1) is 10.3. The lowest BCUT2D eigenvalue weighted by Gasteiger charge is -2.23. The Kier molecular flexibility index (Phi) is 5.88. The molecule has 22 heavy (non-hydrogen) atoms. The zero-order valence-corrected chi connectivity index (χ0v) is 12.7. The fraction of sp³-hybridized carbons (Fsp3) is 0.357. The molecule has 1 saturated heterocycles. The van der Waals surface area contributed by atoms with Gasteiger partial charge in [-0.2, -0.15) is 5.10 Å². The standard InChI is InChI=1S/C14H17N5O2.ClH/c20-13(7-12-8-21-5-4-15-12)18-11-3-1-2-10(6-11)14-16-9-17-19-14;/h1-3,6,9,12,15H,4-5,7-8H2,(H,18,20)(H,16,17,19);1H. The molecule has 7 nitrogen and oxygen atoms in total. The van der Waals surface area contributed by atoms with E-state index in [0.717, 1.165) is 17.8 Å². The molecule has 0 aliphatic carbocycles. The second-order valence-electron chi connectivity index (χ2n) is 4.89. The van der Waals surface area contributed by atoms with Crippen LogP contribution in [0.25, 0.3) is 11.4 Å². The van der Waals surface area contributed by atoms with Gasteiger partial charge in [-0.15, -0.1) is 12.4 Å². The highest BCUT2D eigenvalue weighted by molar-refractivity contribution is 5.91. The zero-order chi connectivity index (χ0) is 14.5. The minimum absolute atomic E-state index is 0. The van der Waals surface area contributed by atoms with E-state index in [2.05, 4.69) is 25.8 Å². The second-order valence-corrected chi connectivity index (χ2v) is 4.89. The van der Waals surface area contributed by atoms with Gasteiger partial charge in [0.05, 0.1) is 13.2 Å². The molecule has 0 saturated carbocycles. The minimum atomic E-state index is -0.0345. The molecule has 0 bridgehead atoms. The number of aromatic nitrogens is 3. The number of halogens is 1. The molecule has 8 heteroatoms. The summed E-state index contributed by atoms with van der Waals surface area (Å²) in [6, 6.07) is 7.57. The Labute approximate surface area is 134 Å². The van der Waals surface area contributed by atoms with Gasteiger partial charge in [-0.1, -0.05) is 12.1 Å². The SMILES string of the molecule is Cl.O=C(CC1COCCN1)Nc1cccc(-c2ncn[nH]2)c1. The third-order valence-corrected chi connectivity index (χ3v) is 3.27. The summed E-state index contributed by atoms with van der Waals surface area (Å²) in [7, 11) is 0. The van der Waals surface area contributed by atoms with E-state index >= 15 is 0 Å². The average Bonchev–Trinajstić information content (AvgIpc) is 3.02. The summed E-state index contributed by atoms with van der Waals surface area (Å²) in [4.78, 5) is 16.1. The molecule has 2 heterocycles. The number of amides is 1. The Balaban J connectivity index is 0.00000176. The lowest BCUT2D eigenvalue weighted by atomic mass is 10.1. The number of hydrogen-bond acceptors (Lipinski definition) is 5. The molecular formula is C14H18ClN5O2. The molecule has 1 atom stereocenters. The first-order valence-electron chi connectivity index (χ1n) is 6.88. The predicted molar refractivity (Wildman–Crippen MR) is 84.9 cm³/mol. The molecule has 1 fully saturated rings. The van der Waals surface area contributed by atoms with Crippen LogP contribution in [-0.4, -0.2) is 46.9 Å². The van der Waals surface area contributed by atoms with Crippen LogP contribution in [0, 0.1) is 0 Å². The summed E-state index contributed by atoms with van der Waals surface area (Å²) >= 11 is 0. The normalized spacial score (nSPS) is 17.5. The van der Waals surface area contributed by atoms with Crippen molar-refractivity contribution in [3.8, 4) is 11.4 Å². The minimum Gasteiger partial charge on any atom is -0.378 e. The summed E-state index contributed by atoms with van der Waals surface area (Å²) in [6.07, 6.45) is 1.85. The summed E-state index contributed by atoms with van der Waals surface area (Å²) in [5, 5.41) is 12.8. The van der Waals surface area contributed by atoms with Gasteiger partial charge in [0.2, 0.25) is 5.91 Å². The quantitative estimate of drug-likeness (QED) is 0.786. The monoisotopic (exact) mass is 323 g/mol. The van der Waals surface area contributed by atoms with Gasteiger partial charge < -0.3 is 15.4 Å². The first kappa shape index (κ1) is 16.4. The van der Waals surface area contributed by atoms with Crippen molar-refractivity contribution >= 4 is 24.0 Å². The molecule has 0 radical (unpaired) electrons. The number of morpholine rings is 1. The van der Waals surface area contributed by atoms with Gasteiger partial charge in [0, 0.05) is 30.3 Å². The third-order valence-electron chi connectivity index (χ3n) is 3.27. The number of H-pyrrole nitrogens is 1. The molecule has 1 amide bonds. The summed E-state index contributed by atoms with van der Waals surface area (Å²) in [5.74, 6) is 0.640. The molecule has 1 aliphatic rings. The fourth-order valence-corrected chi connectivity index (χ4v) is 2.28. The van der Waals surface area contributed by atoms with Crippen molar-refractivity contribution < 1.29 is 9.53 Å². The number of aromatic amines is 1. The van der Waals surface area contributed by atoms with Gasteiger partial charge in [0.1, 0.15) is 6.33 Å². The highest BCUT2D eigenvalue weighted by Crippen LogP contribution is 2.18. The van der Waals surface area contributed by atoms with Crippen molar-refractivity contribution in [1.29, 1.82) is 0 Å². The van der Waals surface area contributed by atoms with Crippen LogP contribution >= 0.6 is 12.4 Å². The molecule has 3 rings (SSSR count). The molecular weight excluding hydrogens is 306 g/mol. The Morgan fingerprint density at radius 3 is 3.09 bits per heavy atom. The number of hydrogen-bond donors (Lipinski definition) is 3. The molecule has 1 unspecified atom stereocenters. The molecule has 2 aromatic rings. The van der Waals surface area contributed by atoms with Gasteiger partial charge in [0.25, 0.3) is 0 Å². The van der Waals surface area contributed by atoms with E-state index in [1.54, 1.807) is 0 Å². The molecule has 0 spiro atoms. The average molecular weight is 324 g/mol. The molecule has 1 aromatic carbocycles. The van der Waals surface area contributed by atoms with Crippen molar-refractivity contribution in [2.45, 2.75) is 12.5 Å². The van der Waals surface area contributed by atoms with Crippen LogP contribution < -0.4 is 10.6 Å². The highest BCUT2D eigenvalue weighted by Gasteiger charge is 2.17. The first-order valence-corrected chi connectivity index (χ1v) is 6.88. The van der Waals surface area contributed by atoms with Crippen LogP contribution in [0.15, 0.2) is 30.6 Å². The molecule has 1 aromatic heterocycles. The van der Waals surface area contributed by atoms with Crippen LogP contribution in [0.2, 0.25) is 0 Å². The summed E-state index contributed by atoms with van der Waals surface area (Å²) < 4.78 is 5.34. The Hall–Kier alpha value is -1.96. The van der Waals surface area contributed by atoms with Crippen LogP contribution in [-0.2, 0) is 9.53 Å². The number of rotatable bonds is 4. The lowest BCUT2D eigenvalue weighted by molar-refractivity contribution is -0.117. The predicted octanol–water partition coefficient (Wildman–Crippen LogP) is 1.21. The number of nitrogens with zero attached hydrogens (tertiary/aromatic N) is 2. The molecule has 3 N–H and O–H groups in total. The Morgan fingerprint density at radius 2 is 2.36 bits per heavy atom. The van der Waals surface area contributed by atoms with Crippen LogP contribution in [0.5, 0.6) is 0 Å². The van der Waals surface area contributed by atoms with Gasteiger partial charge in [-0.05, 0) is 12.1 Å². The number of carbonyl (C=O) groups is 1. The third kappa shape index (κ3) is 4.27. The maximum atomic E-state index is 12.0. The van der Waals surface area contributed by atoms with E-state index in [1.165, 1.54) is 6.33 Å². The van der Waals surface area contributed by atoms with E-state index < -0.39 is 0 Å². The van der Waals surface area contributed by atoms with Crippen LogP contribution in [0.1, 0.15) is 6.42 Å². The van der Waals surface area contributed by atoms with Crippen molar-refractivity contribution in [3.05, 3.63) is 30.6 Å². The lowest BCUT2D eigenvalue weighted by Crippen LogP contribution is -2.43. The van der Waals surface area contributed by atoms with Gasteiger partial charge in [0.15, 0.2) is 5.82 Å². The second kappa shape index (κ2) is 7.88. The van der Waals surface area contributed by atoms with Crippen molar-refractivity contribution in [3.63, 3.8) is 0 Å². The largest absolute Gasteiger partial charge is 0.378 e. The Morgan fingerprint density at radius 1 is 1.45 bits per heavy atom. The van der Waals surface area contributed by atoms with E-state index in [1.807, 2.05) is 24.3 Å². The van der Waals surface area contributed by atoms with Gasteiger partial charge >= 0.3 is 0 Å². The number of benzene rings is 1. The summed E-state index contributed by atoms with van der Waals surface area (Å²) in [5.41, 5.74) is 1.62. The van der Waals surface area contributed by atoms with Gasteiger partial charge in [-0.25, -0.2) is 4.98 Å². The van der Waals surface area contributed by atoms with Crippen LogP contribution in [0.3, 0.4) is 0 Å². The van der Waals surface area contributed by atoms with Crippen molar-refractivity contribution in [2.75, 3.05) is 25.1 Å². The number of ether oxygens (including phenoxy) is 1. The maximum absolute atomic E-state index is 12.0. The molecule has 118 valence electrons. The van der Waals surface area contributed by atoms with E-state index in [-0.39, 0.29) is 24.4 Å². The highest BCUT2D eigenvalue weighted by atomic mass is 35.5. The maximum Gasteiger partial charge on any atom is 0.226 e. The van der Waals surface area contributed by atoms with Crippen molar-refractivity contribution in [1.82, 2.24) is 20.5 Å². The van der Waals surface area contributed by atoms with E-state index in [9.17, 15) is 4.79 Å². The number of nitrogens with one attached hydrogen (secondary N) is 3. The smallest absolute Gasteiger partial charge is 0.226 e. The zero-order valence-electron chi connectivity index (χ0n) is 11.9. The van der Waals surface area contributed by atoms with Crippen molar-refractivity contribution in [2.24, 2.45) is 0 Å².